The molecule has 30 heavy (non-hydrogen) atoms. The topological polar surface area (TPSA) is 104 Å². The van der Waals surface area contributed by atoms with Gasteiger partial charge in [0.05, 0.1) is 17.6 Å². The standard InChI is InChI=1S/C21H18FN3O5/c1-13-17(22)8-15(9-18(13)25(27)28)21(26)24-16-5-6-19(29-2)20(10-16)30-12-14-4-3-7-23-11-14/h3-11H,12H2,1-2H3,(H,24,26). The number of anilines is 1. The van der Waals surface area contributed by atoms with Crippen molar-refractivity contribution in [1.82, 2.24) is 4.98 Å². The summed E-state index contributed by atoms with van der Waals surface area (Å²) in [6.07, 6.45) is 3.31. The van der Waals surface area contributed by atoms with Crippen LogP contribution in [0.2, 0.25) is 0 Å². The molecule has 0 radical (unpaired) electrons. The number of nitro groups is 1. The molecule has 1 heterocycles. The van der Waals surface area contributed by atoms with Crippen LogP contribution in [0.3, 0.4) is 0 Å². The van der Waals surface area contributed by atoms with Crippen LogP contribution < -0.4 is 14.8 Å². The Bertz CT molecular complexity index is 1090. The molecule has 1 N–H and O–H groups in total. The molecule has 0 bridgehead atoms. The van der Waals surface area contributed by atoms with E-state index in [1.165, 1.54) is 14.0 Å². The summed E-state index contributed by atoms with van der Waals surface area (Å²) in [6.45, 7) is 1.52. The number of hydrogen-bond acceptors (Lipinski definition) is 6. The number of carbonyl (C=O) groups excluding carboxylic acids is 1. The van der Waals surface area contributed by atoms with E-state index in [0.29, 0.717) is 17.2 Å². The number of ether oxygens (including phenoxy) is 2. The zero-order valence-electron chi connectivity index (χ0n) is 16.2. The zero-order chi connectivity index (χ0) is 21.7. The molecule has 0 aliphatic rings. The maximum Gasteiger partial charge on any atom is 0.276 e. The van der Waals surface area contributed by atoms with Gasteiger partial charge in [0.1, 0.15) is 12.4 Å². The predicted octanol–water partition coefficient (Wildman–Crippen LogP) is 4.28. The first-order valence-electron chi connectivity index (χ1n) is 8.84. The molecule has 0 saturated heterocycles. The monoisotopic (exact) mass is 411 g/mol. The highest BCUT2D eigenvalue weighted by atomic mass is 19.1. The molecule has 0 saturated carbocycles. The fourth-order valence-corrected chi connectivity index (χ4v) is 2.70. The highest BCUT2D eigenvalue weighted by Crippen LogP contribution is 2.31. The minimum Gasteiger partial charge on any atom is -0.493 e. The lowest BCUT2D eigenvalue weighted by atomic mass is 10.1. The molecule has 2 aromatic carbocycles. The second kappa shape index (κ2) is 8.99. The van der Waals surface area contributed by atoms with E-state index in [0.717, 1.165) is 17.7 Å². The van der Waals surface area contributed by atoms with Crippen molar-refractivity contribution in [2.45, 2.75) is 13.5 Å². The van der Waals surface area contributed by atoms with E-state index in [9.17, 15) is 19.3 Å². The van der Waals surface area contributed by atoms with Gasteiger partial charge in [-0.2, -0.15) is 0 Å². The average molecular weight is 411 g/mol. The summed E-state index contributed by atoms with van der Waals surface area (Å²) in [5.74, 6) is -0.695. The van der Waals surface area contributed by atoms with Crippen LogP contribution in [0.1, 0.15) is 21.5 Å². The van der Waals surface area contributed by atoms with Gasteiger partial charge < -0.3 is 14.8 Å². The van der Waals surface area contributed by atoms with Crippen LogP contribution in [0.25, 0.3) is 0 Å². The molecule has 0 spiro atoms. The third-order valence-corrected chi connectivity index (χ3v) is 4.31. The van der Waals surface area contributed by atoms with E-state index in [-0.39, 0.29) is 17.7 Å². The van der Waals surface area contributed by atoms with Gasteiger partial charge in [-0.1, -0.05) is 6.07 Å². The lowest BCUT2D eigenvalue weighted by molar-refractivity contribution is -0.385. The maximum absolute atomic E-state index is 14.0. The van der Waals surface area contributed by atoms with Gasteiger partial charge in [0.15, 0.2) is 11.5 Å². The van der Waals surface area contributed by atoms with Crippen LogP contribution in [0.4, 0.5) is 15.8 Å². The van der Waals surface area contributed by atoms with E-state index < -0.39 is 22.3 Å². The van der Waals surface area contributed by atoms with Crippen LogP contribution in [-0.4, -0.2) is 22.9 Å². The fourth-order valence-electron chi connectivity index (χ4n) is 2.70. The van der Waals surface area contributed by atoms with Crippen molar-refractivity contribution in [3.05, 3.63) is 87.5 Å². The van der Waals surface area contributed by atoms with Crippen LogP contribution in [-0.2, 0) is 6.61 Å². The number of carbonyl (C=O) groups is 1. The molecule has 1 aromatic heterocycles. The molecule has 0 atom stereocenters. The number of nitrogens with one attached hydrogen (secondary N) is 1. The van der Waals surface area contributed by atoms with Gasteiger partial charge in [0.25, 0.3) is 11.6 Å². The van der Waals surface area contributed by atoms with E-state index in [2.05, 4.69) is 10.3 Å². The summed E-state index contributed by atoms with van der Waals surface area (Å²) in [7, 11) is 1.48. The Morgan fingerprint density at radius 1 is 1.23 bits per heavy atom. The van der Waals surface area contributed by atoms with E-state index in [4.69, 9.17) is 9.47 Å². The number of methoxy groups -OCH3 is 1. The third kappa shape index (κ3) is 4.69. The lowest BCUT2D eigenvalue weighted by Crippen LogP contribution is -2.13. The second-order valence-electron chi connectivity index (χ2n) is 6.33. The third-order valence-electron chi connectivity index (χ3n) is 4.31. The second-order valence-corrected chi connectivity index (χ2v) is 6.33. The first-order valence-corrected chi connectivity index (χ1v) is 8.84. The number of amides is 1. The number of nitro benzene ring substituents is 1. The molecule has 9 heteroatoms. The highest BCUT2D eigenvalue weighted by molar-refractivity contribution is 6.04. The average Bonchev–Trinajstić information content (AvgIpc) is 2.74. The molecule has 0 aliphatic heterocycles. The Morgan fingerprint density at radius 2 is 2.03 bits per heavy atom. The van der Waals surface area contributed by atoms with Gasteiger partial charge >= 0.3 is 0 Å². The Kier molecular flexibility index (Phi) is 6.21. The summed E-state index contributed by atoms with van der Waals surface area (Å²) in [5.41, 5.74) is 0.433. The van der Waals surface area contributed by atoms with Crippen LogP contribution in [0, 0.1) is 22.9 Å². The molecule has 3 aromatic rings. The van der Waals surface area contributed by atoms with Crippen molar-refractivity contribution in [2.24, 2.45) is 0 Å². The zero-order valence-corrected chi connectivity index (χ0v) is 16.2. The van der Waals surface area contributed by atoms with Crippen LogP contribution >= 0.6 is 0 Å². The Balaban J connectivity index is 1.81. The van der Waals surface area contributed by atoms with Gasteiger partial charge in [-0.3, -0.25) is 19.9 Å². The maximum atomic E-state index is 14.0. The highest BCUT2D eigenvalue weighted by Gasteiger charge is 2.20. The Morgan fingerprint density at radius 3 is 2.70 bits per heavy atom. The number of hydrogen-bond donors (Lipinski definition) is 1. The lowest BCUT2D eigenvalue weighted by Gasteiger charge is -2.13. The van der Waals surface area contributed by atoms with E-state index >= 15 is 0 Å². The van der Waals surface area contributed by atoms with Crippen molar-refractivity contribution in [3.8, 4) is 11.5 Å². The summed E-state index contributed by atoms with van der Waals surface area (Å²) >= 11 is 0. The number of aromatic nitrogens is 1. The van der Waals surface area contributed by atoms with Gasteiger partial charge in [-0.25, -0.2) is 4.39 Å². The summed E-state index contributed by atoms with van der Waals surface area (Å²) in [4.78, 5) is 26.9. The molecule has 8 nitrogen and oxygen atoms in total. The molecule has 3 rings (SSSR count). The molecule has 0 fully saturated rings. The van der Waals surface area contributed by atoms with Crippen molar-refractivity contribution in [2.75, 3.05) is 12.4 Å². The van der Waals surface area contributed by atoms with Crippen molar-refractivity contribution < 1.29 is 23.6 Å². The molecule has 0 aliphatic carbocycles. The molecule has 1 amide bonds. The first kappa shape index (κ1) is 20.7. The molecular weight excluding hydrogens is 393 g/mol. The molecule has 154 valence electrons. The number of nitrogens with zero attached hydrogens (tertiary/aromatic N) is 2. The summed E-state index contributed by atoms with van der Waals surface area (Å²) in [6, 6.07) is 10.4. The van der Waals surface area contributed by atoms with Gasteiger partial charge in [0.2, 0.25) is 0 Å². The van der Waals surface area contributed by atoms with Gasteiger partial charge in [0, 0.05) is 41.3 Å². The SMILES string of the molecule is COc1ccc(NC(=O)c2cc(F)c(C)c([N+](=O)[O-])c2)cc1OCc1cccnc1. The smallest absolute Gasteiger partial charge is 0.276 e. The first-order chi connectivity index (χ1) is 14.4. The normalized spacial score (nSPS) is 10.4. The number of halogens is 1. The van der Waals surface area contributed by atoms with E-state index in [1.54, 1.807) is 36.7 Å². The Hall–Kier alpha value is -4.01. The number of benzene rings is 2. The van der Waals surface area contributed by atoms with Crippen LogP contribution in [0.15, 0.2) is 54.9 Å². The van der Waals surface area contributed by atoms with Gasteiger partial charge in [-0.15, -0.1) is 0 Å². The largest absolute Gasteiger partial charge is 0.493 e. The minimum atomic E-state index is -0.829. The van der Waals surface area contributed by atoms with Crippen molar-refractivity contribution >= 4 is 17.3 Å². The van der Waals surface area contributed by atoms with E-state index in [1.807, 2.05) is 6.07 Å². The Labute approximate surface area is 171 Å². The molecular formula is C21H18FN3O5. The fraction of sp³-hybridized carbons (Fsp3) is 0.143. The summed E-state index contributed by atoms with van der Waals surface area (Å²) < 4.78 is 25.0. The predicted molar refractivity (Wildman–Crippen MR) is 107 cm³/mol. The van der Waals surface area contributed by atoms with Crippen molar-refractivity contribution in [3.63, 3.8) is 0 Å². The van der Waals surface area contributed by atoms with Crippen molar-refractivity contribution in [1.29, 1.82) is 0 Å². The van der Waals surface area contributed by atoms with Crippen LogP contribution in [0.5, 0.6) is 11.5 Å². The molecule has 0 unspecified atom stereocenters. The number of pyridine rings is 1. The van der Waals surface area contributed by atoms with Gasteiger partial charge in [-0.05, 0) is 31.2 Å². The summed E-state index contributed by atoms with van der Waals surface area (Å²) in [5, 5.41) is 13.7. The number of rotatable bonds is 7. The quantitative estimate of drug-likeness (QED) is 0.460. The minimum absolute atomic E-state index is 0.132.